The predicted octanol–water partition coefficient (Wildman–Crippen LogP) is 3.12. The molecule has 2 rings (SSSR count). The maximum atomic E-state index is 15.2. The summed E-state index contributed by atoms with van der Waals surface area (Å²) in [6.45, 7) is 6.57. The SMILES string of the molecule is C/C=C(/C(=O)O)C(=O)c1cc(F)c(N2CC(C)C(C)[C@@](N)(CF)C2)c(OC)c1C. The van der Waals surface area contributed by atoms with Crippen molar-refractivity contribution in [1.82, 2.24) is 0 Å². The minimum atomic E-state index is -1.39. The Morgan fingerprint density at radius 2 is 2.07 bits per heavy atom. The van der Waals surface area contributed by atoms with Crippen molar-refractivity contribution in [3.8, 4) is 5.75 Å². The minimum Gasteiger partial charge on any atom is -0.494 e. The lowest BCUT2D eigenvalue weighted by Crippen LogP contribution is -2.63. The van der Waals surface area contributed by atoms with E-state index in [-0.39, 0.29) is 35.4 Å². The Morgan fingerprint density at radius 3 is 2.55 bits per heavy atom. The first-order chi connectivity index (χ1) is 13.5. The molecule has 1 aromatic rings. The van der Waals surface area contributed by atoms with E-state index in [0.717, 1.165) is 6.07 Å². The molecule has 1 fully saturated rings. The Kier molecular flexibility index (Phi) is 6.67. The number of nitrogens with two attached hydrogens (primary N) is 1. The average molecular weight is 410 g/mol. The standard InChI is InChI=1S/C21H28F2N2O4/c1-6-14(20(27)28)18(26)15-7-16(23)17(19(29-5)12(15)3)25-8-11(2)13(4)21(24,9-22)10-25/h6-7,11,13H,8-10,24H2,1-5H3,(H,27,28)/b14-6+/t11?,13?,21-/m1/s1. The molecule has 1 aliphatic heterocycles. The summed E-state index contributed by atoms with van der Waals surface area (Å²) < 4.78 is 34.3. The van der Waals surface area contributed by atoms with Gasteiger partial charge in [-0.25, -0.2) is 13.6 Å². The van der Waals surface area contributed by atoms with Crippen LogP contribution in [0.3, 0.4) is 0 Å². The van der Waals surface area contributed by atoms with Crippen LogP contribution in [0.5, 0.6) is 5.75 Å². The van der Waals surface area contributed by atoms with Crippen LogP contribution in [0.4, 0.5) is 14.5 Å². The van der Waals surface area contributed by atoms with Gasteiger partial charge >= 0.3 is 5.97 Å². The number of alkyl halides is 1. The van der Waals surface area contributed by atoms with E-state index in [2.05, 4.69) is 0 Å². The second kappa shape index (κ2) is 8.49. The van der Waals surface area contributed by atoms with Gasteiger partial charge < -0.3 is 20.5 Å². The van der Waals surface area contributed by atoms with Crippen molar-refractivity contribution >= 4 is 17.4 Å². The molecule has 8 heteroatoms. The van der Waals surface area contributed by atoms with Gasteiger partial charge in [0.25, 0.3) is 0 Å². The molecule has 0 amide bonds. The van der Waals surface area contributed by atoms with Gasteiger partial charge in [-0.1, -0.05) is 19.9 Å². The van der Waals surface area contributed by atoms with E-state index in [1.165, 1.54) is 20.1 Å². The van der Waals surface area contributed by atoms with Gasteiger partial charge in [0.1, 0.15) is 23.7 Å². The lowest BCUT2D eigenvalue weighted by Gasteiger charge is -2.48. The highest BCUT2D eigenvalue weighted by atomic mass is 19.1. The van der Waals surface area contributed by atoms with Crippen LogP contribution in [0.15, 0.2) is 17.7 Å². The molecule has 3 atom stereocenters. The smallest absolute Gasteiger partial charge is 0.339 e. The zero-order valence-electron chi connectivity index (χ0n) is 17.4. The normalized spacial score (nSPS) is 25.1. The van der Waals surface area contributed by atoms with Crippen LogP contribution >= 0.6 is 0 Å². The van der Waals surface area contributed by atoms with Crippen LogP contribution in [0.1, 0.15) is 36.7 Å². The average Bonchev–Trinajstić information content (AvgIpc) is 2.66. The van der Waals surface area contributed by atoms with Gasteiger partial charge in [-0.15, -0.1) is 0 Å². The van der Waals surface area contributed by atoms with Crippen molar-refractivity contribution in [2.24, 2.45) is 17.6 Å². The Labute approximate surface area is 169 Å². The molecule has 160 valence electrons. The third-order valence-electron chi connectivity index (χ3n) is 5.99. The lowest BCUT2D eigenvalue weighted by molar-refractivity contribution is -0.132. The van der Waals surface area contributed by atoms with Crippen molar-refractivity contribution in [2.75, 3.05) is 31.8 Å². The van der Waals surface area contributed by atoms with Crippen molar-refractivity contribution in [1.29, 1.82) is 0 Å². The number of methoxy groups -OCH3 is 1. The first kappa shape index (κ1) is 22.8. The number of allylic oxidation sites excluding steroid dienone is 1. The summed E-state index contributed by atoms with van der Waals surface area (Å²) in [6.07, 6.45) is 1.17. The van der Waals surface area contributed by atoms with Crippen LogP contribution in [-0.4, -0.2) is 49.3 Å². The summed E-state index contributed by atoms with van der Waals surface area (Å²) in [5.74, 6) is -2.95. The maximum Gasteiger partial charge on any atom is 0.339 e. The maximum absolute atomic E-state index is 15.2. The Hall–Kier alpha value is -2.48. The van der Waals surface area contributed by atoms with E-state index < -0.39 is 35.4 Å². The number of carbonyl (C=O) groups is 2. The number of carbonyl (C=O) groups excluding carboxylic acids is 1. The van der Waals surface area contributed by atoms with E-state index in [0.29, 0.717) is 12.1 Å². The molecule has 1 saturated heterocycles. The third kappa shape index (κ3) is 3.99. The van der Waals surface area contributed by atoms with Gasteiger partial charge in [0.15, 0.2) is 5.82 Å². The van der Waals surface area contributed by atoms with Gasteiger partial charge in [0.05, 0.1) is 12.6 Å². The zero-order chi connectivity index (χ0) is 22.1. The van der Waals surface area contributed by atoms with Gasteiger partial charge in [-0.2, -0.15) is 0 Å². The van der Waals surface area contributed by atoms with Gasteiger partial charge in [-0.05, 0) is 31.7 Å². The van der Waals surface area contributed by atoms with Crippen LogP contribution in [0, 0.1) is 24.6 Å². The van der Waals surface area contributed by atoms with Crippen molar-refractivity contribution < 1.29 is 28.2 Å². The fourth-order valence-corrected chi connectivity index (χ4v) is 3.96. The number of anilines is 1. The van der Waals surface area contributed by atoms with Gasteiger partial charge in [0.2, 0.25) is 5.78 Å². The second-order valence-corrected chi connectivity index (χ2v) is 7.76. The number of hydrogen-bond acceptors (Lipinski definition) is 5. The second-order valence-electron chi connectivity index (χ2n) is 7.76. The van der Waals surface area contributed by atoms with Crippen LogP contribution < -0.4 is 15.4 Å². The molecule has 0 aromatic heterocycles. The summed E-state index contributed by atoms with van der Waals surface area (Å²) in [4.78, 5) is 25.6. The first-order valence-corrected chi connectivity index (χ1v) is 9.43. The lowest BCUT2D eigenvalue weighted by atomic mass is 9.75. The minimum absolute atomic E-state index is 0.00291. The molecule has 2 unspecified atom stereocenters. The van der Waals surface area contributed by atoms with Crippen molar-refractivity contribution in [3.63, 3.8) is 0 Å². The number of nitrogens with zero attached hydrogens (tertiary/aromatic N) is 1. The number of rotatable bonds is 6. The monoisotopic (exact) mass is 410 g/mol. The number of ether oxygens (including phenoxy) is 1. The fourth-order valence-electron chi connectivity index (χ4n) is 3.96. The highest BCUT2D eigenvalue weighted by molar-refractivity contribution is 6.24. The fraction of sp³-hybridized carbons (Fsp3) is 0.524. The highest BCUT2D eigenvalue weighted by Crippen LogP contribution is 2.41. The number of benzene rings is 1. The summed E-state index contributed by atoms with van der Waals surface area (Å²) >= 11 is 0. The summed E-state index contributed by atoms with van der Waals surface area (Å²) in [5.41, 5.74) is 4.98. The zero-order valence-corrected chi connectivity index (χ0v) is 17.4. The Morgan fingerprint density at radius 1 is 1.45 bits per heavy atom. The summed E-state index contributed by atoms with van der Waals surface area (Å²) in [6, 6.07) is 1.01. The largest absolute Gasteiger partial charge is 0.494 e. The number of piperidine rings is 1. The Bertz CT molecular complexity index is 856. The van der Waals surface area contributed by atoms with Crippen molar-refractivity contribution in [3.05, 3.63) is 34.7 Å². The molecular weight excluding hydrogens is 382 g/mol. The highest BCUT2D eigenvalue weighted by Gasteiger charge is 2.43. The van der Waals surface area contributed by atoms with Crippen LogP contribution in [0.25, 0.3) is 0 Å². The number of halogens is 2. The predicted molar refractivity (Wildman–Crippen MR) is 107 cm³/mol. The topological polar surface area (TPSA) is 92.9 Å². The number of carboxylic acid groups (broad SMARTS) is 1. The molecule has 6 nitrogen and oxygen atoms in total. The van der Waals surface area contributed by atoms with Crippen molar-refractivity contribution in [2.45, 2.75) is 33.2 Å². The van der Waals surface area contributed by atoms with E-state index in [1.807, 2.05) is 13.8 Å². The molecule has 29 heavy (non-hydrogen) atoms. The number of hydrogen-bond donors (Lipinski definition) is 2. The molecule has 0 saturated carbocycles. The number of carboxylic acids is 1. The molecule has 0 radical (unpaired) electrons. The molecule has 1 aromatic carbocycles. The third-order valence-corrected chi connectivity index (χ3v) is 5.99. The van der Waals surface area contributed by atoms with Gasteiger partial charge in [0, 0.05) is 24.2 Å². The number of ketones is 1. The molecule has 1 aliphatic rings. The molecule has 3 N–H and O–H groups in total. The molecule has 0 aliphatic carbocycles. The number of aliphatic carboxylic acids is 1. The van der Waals surface area contributed by atoms with E-state index >= 15 is 4.39 Å². The van der Waals surface area contributed by atoms with Gasteiger partial charge in [-0.3, -0.25) is 4.79 Å². The van der Waals surface area contributed by atoms with E-state index in [1.54, 1.807) is 11.8 Å². The molecule has 0 bridgehead atoms. The van der Waals surface area contributed by atoms with Crippen LogP contribution in [-0.2, 0) is 4.79 Å². The quantitative estimate of drug-likeness (QED) is 0.324. The first-order valence-electron chi connectivity index (χ1n) is 9.43. The van der Waals surface area contributed by atoms with Crippen LogP contribution in [0.2, 0.25) is 0 Å². The molecule has 1 heterocycles. The molecular formula is C21H28F2N2O4. The summed E-state index contributed by atoms with van der Waals surface area (Å²) in [7, 11) is 1.34. The molecule has 0 spiro atoms. The van der Waals surface area contributed by atoms with E-state index in [9.17, 15) is 19.1 Å². The summed E-state index contributed by atoms with van der Waals surface area (Å²) in [5, 5.41) is 9.22. The van der Waals surface area contributed by atoms with E-state index in [4.69, 9.17) is 10.5 Å². The Balaban J connectivity index is 2.60. The number of Topliss-reactive ketones (excluding diaryl/α,β-unsaturated/α-hetero) is 1.